The Balaban J connectivity index is 2.43. The molecule has 0 aliphatic heterocycles. The highest BCUT2D eigenvalue weighted by molar-refractivity contribution is 7.99. The second-order valence-electron chi connectivity index (χ2n) is 3.78. The number of hydrogen-bond acceptors (Lipinski definition) is 3. The molecule has 0 spiro atoms. The van der Waals surface area contributed by atoms with E-state index in [1.165, 1.54) is 11.0 Å². The first-order valence-electron chi connectivity index (χ1n) is 5.82. The highest BCUT2D eigenvalue weighted by atomic mass is 32.2. The lowest BCUT2D eigenvalue weighted by molar-refractivity contribution is 0.802. The molecule has 5 heteroatoms. The number of thioether (sulfide) groups is 1. The molecular weight excluding hydrogens is 232 g/mol. The maximum absolute atomic E-state index is 4.30. The van der Waals surface area contributed by atoms with Gasteiger partial charge in [0.25, 0.3) is 0 Å². The average Bonchev–Trinajstić information content (AvgIpc) is 2.88. The van der Waals surface area contributed by atoms with Crippen LogP contribution in [0.5, 0.6) is 0 Å². The lowest BCUT2D eigenvalue weighted by atomic mass is 10.3. The number of aromatic nitrogens is 4. The van der Waals surface area contributed by atoms with Gasteiger partial charge in [-0.25, -0.2) is 0 Å². The summed E-state index contributed by atoms with van der Waals surface area (Å²) >= 11 is 1.73. The summed E-state index contributed by atoms with van der Waals surface area (Å²) < 4.78 is 4.34. The van der Waals surface area contributed by atoms with Crippen molar-refractivity contribution >= 4 is 28.6 Å². The van der Waals surface area contributed by atoms with Gasteiger partial charge in [-0.05, 0) is 24.8 Å². The summed E-state index contributed by atoms with van der Waals surface area (Å²) in [6.45, 7) is 5.17. The van der Waals surface area contributed by atoms with Crippen LogP contribution in [0.2, 0.25) is 0 Å². The normalized spacial score (nSPS) is 11.6. The van der Waals surface area contributed by atoms with Crippen LogP contribution in [-0.4, -0.2) is 24.9 Å². The van der Waals surface area contributed by atoms with Crippen LogP contribution in [0.4, 0.5) is 0 Å². The largest absolute Gasteiger partial charge is 0.309 e. The quantitative estimate of drug-likeness (QED) is 0.667. The monoisotopic (exact) mass is 246 g/mol. The Morgan fingerprint density at radius 1 is 1.12 bits per heavy atom. The number of imidazole rings is 1. The fraction of sp³-hybridized carbons (Fsp3) is 0.333. The van der Waals surface area contributed by atoms with Gasteiger partial charge in [0.2, 0.25) is 5.78 Å². The SMILES string of the molecule is CCSc1nnc2n(CC)c3ccccc3n12. The maximum Gasteiger partial charge on any atom is 0.237 e. The van der Waals surface area contributed by atoms with E-state index in [9.17, 15) is 0 Å². The number of rotatable bonds is 3. The van der Waals surface area contributed by atoms with Crippen molar-refractivity contribution in [1.29, 1.82) is 0 Å². The highest BCUT2D eigenvalue weighted by Crippen LogP contribution is 2.25. The Bertz CT molecular complexity index is 668. The van der Waals surface area contributed by atoms with Crippen molar-refractivity contribution in [3.63, 3.8) is 0 Å². The summed E-state index contributed by atoms with van der Waals surface area (Å²) in [5, 5.41) is 9.54. The second-order valence-corrected chi connectivity index (χ2v) is 5.02. The van der Waals surface area contributed by atoms with E-state index in [2.05, 4.69) is 57.3 Å². The fourth-order valence-corrected chi connectivity index (χ4v) is 2.84. The first-order valence-corrected chi connectivity index (χ1v) is 6.80. The van der Waals surface area contributed by atoms with E-state index in [1.54, 1.807) is 11.8 Å². The van der Waals surface area contributed by atoms with E-state index in [1.807, 2.05) is 0 Å². The van der Waals surface area contributed by atoms with Gasteiger partial charge in [-0.1, -0.05) is 30.8 Å². The zero-order chi connectivity index (χ0) is 11.8. The Morgan fingerprint density at radius 3 is 2.59 bits per heavy atom. The van der Waals surface area contributed by atoms with Crippen molar-refractivity contribution < 1.29 is 0 Å². The summed E-state index contributed by atoms with van der Waals surface area (Å²) in [6, 6.07) is 8.38. The molecule has 3 aromatic rings. The van der Waals surface area contributed by atoms with E-state index < -0.39 is 0 Å². The van der Waals surface area contributed by atoms with Crippen LogP contribution >= 0.6 is 11.8 Å². The van der Waals surface area contributed by atoms with Crippen molar-refractivity contribution in [2.75, 3.05) is 5.75 Å². The van der Waals surface area contributed by atoms with E-state index in [-0.39, 0.29) is 0 Å². The molecule has 0 aliphatic rings. The number of hydrogen-bond donors (Lipinski definition) is 0. The van der Waals surface area contributed by atoms with Crippen LogP contribution in [-0.2, 0) is 6.54 Å². The third-order valence-electron chi connectivity index (χ3n) is 2.86. The number of nitrogens with zero attached hydrogens (tertiary/aromatic N) is 4. The predicted octanol–water partition coefficient (Wildman–Crippen LogP) is 2.82. The molecule has 0 bridgehead atoms. The Morgan fingerprint density at radius 2 is 1.88 bits per heavy atom. The van der Waals surface area contributed by atoms with Crippen molar-refractivity contribution in [1.82, 2.24) is 19.2 Å². The Hall–Kier alpha value is -1.49. The number of fused-ring (bicyclic) bond motifs is 3. The van der Waals surface area contributed by atoms with E-state index in [4.69, 9.17) is 0 Å². The molecule has 4 nitrogen and oxygen atoms in total. The highest BCUT2D eigenvalue weighted by Gasteiger charge is 2.14. The topological polar surface area (TPSA) is 35.1 Å². The first-order chi connectivity index (χ1) is 8.36. The molecule has 0 aliphatic carbocycles. The maximum atomic E-state index is 4.30. The number of para-hydroxylation sites is 2. The first kappa shape index (κ1) is 10.7. The van der Waals surface area contributed by atoms with Crippen LogP contribution in [0.25, 0.3) is 16.8 Å². The van der Waals surface area contributed by atoms with Crippen molar-refractivity contribution in [2.45, 2.75) is 25.5 Å². The number of aryl methyl sites for hydroxylation is 1. The zero-order valence-electron chi connectivity index (χ0n) is 9.92. The Labute approximate surface area is 104 Å². The molecule has 0 radical (unpaired) electrons. The lowest BCUT2D eigenvalue weighted by Gasteiger charge is -1.97. The van der Waals surface area contributed by atoms with Gasteiger partial charge >= 0.3 is 0 Å². The van der Waals surface area contributed by atoms with Gasteiger partial charge < -0.3 is 4.57 Å². The third-order valence-corrected chi connectivity index (χ3v) is 3.67. The van der Waals surface area contributed by atoms with Gasteiger partial charge in [-0.2, -0.15) is 0 Å². The van der Waals surface area contributed by atoms with Gasteiger partial charge in [0.05, 0.1) is 11.0 Å². The van der Waals surface area contributed by atoms with Gasteiger partial charge in [0, 0.05) is 6.54 Å². The van der Waals surface area contributed by atoms with Crippen LogP contribution < -0.4 is 0 Å². The summed E-state index contributed by atoms with van der Waals surface area (Å²) in [7, 11) is 0. The van der Waals surface area contributed by atoms with E-state index in [0.717, 1.165) is 23.2 Å². The molecule has 2 aromatic heterocycles. The van der Waals surface area contributed by atoms with Crippen LogP contribution in [0.1, 0.15) is 13.8 Å². The second kappa shape index (κ2) is 4.07. The molecule has 2 heterocycles. The molecule has 0 unspecified atom stereocenters. The molecule has 17 heavy (non-hydrogen) atoms. The van der Waals surface area contributed by atoms with Crippen LogP contribution in [0.15, 0.2) is 29.4 Å². The molecule has 0 saturated heterocycles. The standard InChI is InChI=1S/C12H14N4S/c1-3-15-9-7-5-6-8-10(9)16-11(15)13-14-12(16)17-4-2/h5-8H,3-4H2,1-2H3. The molecule has 3 rings (SSSR count). The van der Waals surface area contributed by atoms with E-state index in [0.29, 0.717) is 0 Å². The molecule has 0 N–H and O–H groups in total. The molecule has 1 aromatic carbocycles. The van der Waals surface area contributed by atoms with Gasteiger partial charge in [-0.3, -0.25) is 4.40 Å². The zero-order valence-corrected chi connectivity index (χ0v) is 10.7. The predicted molar refractivity (Wildman–Crippen MR) is 70.6 cm³/mol. The summed E-state index contributed by atoms with van der Waals surface area (Å²) in [4.78, 5) is 0. The van der Waals surface area contributed by atoms with Gasteiger partial charge in [0.1, 0.15) is 0 Å². The van der Waals surface area contributed by atoms with Crippen LogP contribution in [0, 0.1) is 0 Å². The molecular formula is C12H14N4S. The van der Waals surface area contributed by atoms with Gasteiger partial charge in [-0.15, -0.1) is 10.2 Å². The summed E-state index contributed by atoms with van der Waals surface area (Å²) in [6.07, 6.45) is 0. The molecule has 0 atom stereocenters. The van der Waals surface area contributed by atoms with Crippen LogP contribution in [0.3, 0.4) is 0 Å². The summed E-state index contributed by atoms with van der Waals surface area (Å²) in [5.41, 5.74) is 2.41. The van der Waals surface area contributed by atoms with E-state index >= 15 is 0 Å². The number of benzene rings is 1. The average molecular weight is 246 g/mol. The lowest BCUT2D eigenvalue weighted by Crippen LogP contribution is -1.94. The third kappa shape index (κ3) is 1.45. The van der Waals surface area contributed by atoms with Crippen molar-refractivity contribution in [2.24, 2.45) is 0 Å². The minimum absolute atomic E-state index is 0.909. The Kier molecular flexibility index (Phi) is 2.55. The smallest absolute Gasteiger partial charge is 0.237 e. The van der Waals surface area contributed by atoms with Crippen molar-refractivity contribution in [3.8, 4) is 0 Å². The minimum Gasteiger partial charge on any atom is -0.309 e. The van der Waals surface area contributed by atoms with Gasteiger partial charge in [0.15, 0.2) is 5.16 Å². The molecule has 0 amide bonds. The molecule has 0 saturated carbocycles. The molecule has 88 valence electrons. The minimum atomic E-state index is 0.909. The fourth-order valence-electron chi connectivity index (χ4n) is 2.17. The molecule has 0 fully saturated rings. The summed E-state index contributed by atoms with van der Waals surface area (Å²) in [5.74, 6) is 1.94. The van der Waals surface area contributed by atoms with Crippen molar-refractivity contribution in [3.05, 3.63) is 24.3 Å².